The Morgan fingerprint density at radius 1 is 1.00 bits per heavy atom. The van der Waals surface area contributed by atoms with Crippen molar-refractivity contribution in [1.82, 2.24) is 4.90 Å². The number of amides is 1. The fourth-order valence-electron chi connectivity index (χ4n) is 3.38. The molecule has 1 amide bonds. The lowest BCUT2D eigenvalue weighted by molar-refractivity contribution is -0.129. The predicted molar refractivity (Wildman–Crippen MR) is 95.3 cm³/mol. The highest BCUT2D eigenvalue weighted by Crippen LogP contribution is 2.28. The molecule has 0 spiro atoms. The topological polar surface area (TPSA) is 29.5 Å². The minimum Gasteiger partial charge on any atom is -0.371 e. The van der Waals surface area contributed by atoms with Crippen LogP contribution in [-0.4, -0.2) is 23.0 Å². The molecule has 1 aliphatic rings. The van der Waals surface area contributed by atoms with E-state index in [1.165, 1.54) is 5.56 Å². The van der Waals surface area contributed by atoms with Gasteiger partial charge in [-0.3, -0.25) is 4.79 Å². The molecular formula is C21H25NO2. The third-order valence-corrected chi connectivity index (χ3v) is 4.61. The molecule has 1 aliphatic heterocycles. The first-order valence-corrected chi connectivity index (χ1v) is 8.77. The van der Waals surface area contributed by atoms with Crippen LogP contribution in [-0.2, 0) is 22.7 Å². The number of likely N-dealkylation sites (tertiary alicyclic amines) is 1. The Balaban J connectivity index is 1.67. The summed E-state index contributed by atoms with van der Waals surface area (Å²) >= 11 is 0. The summed E-state index contributed by atoms with van der Waals surface area (Å²) in [7, 11) is 0. The van der Waals surface area contributed by atoms with Crippen molar-refractivity contribution in [3.63, 3.8) is 0 Å². The lowest BCUT2D eigenvalue weighted by Crippen LogP contribution is -2.37. The molecule has 0 aromatic heterocycles. The first-order chi connectivity index (χ1) is 11.8. The van der Waals surface area contributed by atoms with Gasteiger partial charge in [-0.1, -0.05) is 74.0 Å². The Bertz CT molecular complexity index is 641. The van der Waals surface area contributed by atoms with Crippen molar-refractivity contribution in [1.29, 1.82) is 0 Å². The van der Waals surface area contributed by atoms with Crippen molar-refractivity contribution < 1.29 is 9.53 Å². The van der Waals surface area contributed by atoms with Crippen LogP contribution >= 0.6 is 0 Å². The van der Waals surface area contributed by atoms with Gasteiger partial charge in [-0.05, 0) is 17.5 Å². The Labute approximate surface area is 144 Å². The van der Waals surface area contributed by atoms with Crippen LogP contribution in [0.3, 0.4) is 0 Å². The maximum atomic E-state index is 12.5. The van der Waals surface area contributed by atoms with Gasteiger partial charge in [-0.15, -0.1) is 0 Å². The van der Waals surface area contributed by atoms with E-state index < -0.39 is 0 Å². The Hall–Kier alpha value is -2.13. The third kappa shape index (κ3) is 4.04. The highest BCUT2D eigenvalue weighted by molar-refractivity contribution is 5.79. The summed E-state index contributed by atoms with van der Waals surface area (Å²) in [5.74, 6) is 0.204. The smallest absolute Gasteiger partial charge is 0.225 e. The number of nitrogens with zero attached hydrogens (tertiary/aromatic N) is 1. The maximum absolute atomic E-state index is 12.5. The standard InChI is InChI=1S/C21H25NO2/c1-2-9-19-20(24-16-18-12-7-4-8-13-18)14-21(23)22(19)15-17-10-5-3-6-11-17/h3-8,10-13,19-20H,2,9,14-16H2,1H3/t19-,20+/m1/s1. The summed E-state index contributed by atoms with van der Waals surface area (Å²) in [4.78, 5) is 14.5. The van der Waals surface area contributed by atoms with Crippen molar-refractivity contribution in [3.05, 3.63) is 71.8 Å². The molecule has 1 saturated heterocycles. The van der Waals surface area contributed by atoms with E-state index in [1.807, 2.05) is 41.3 Å². The van der Waals surface area contributed by atoms with Crippen LogP contribution in [0, 0.1) is 0 Å². The molecule has 0 N–H and O–H groups in total. The normalized spacial score (nSPS) is 20.5. The van der Waals surface area contributed by atoms with Crippen LogP contribution in [0.25, 0.3) is 0 Å². The first kappa shape index (κ1) is 16.7. The SMILES string of the molecule is CCC[C@@H]1[C@@H](OCc2ccccc2)CC(=O)N1Cc1ccccc1. The molecule has 0 radical (unpaired) electrons. The number of ether oxygens (including phenoxy) is 1. The van der Waals surface area contributed by atoms with E-state index >= 15 is 0 Å². The summed E-state index contributed by atoms with van der Waals surface area (Å²) in [6, 6.07) is 20.5. The fourth-order valence-corrected chi connectivity index (χ4v) is 3.38. The number of carbonyl (C=O) groups excluding carboxylic acids is 1. The number of hydrogen-bond donors (Lipinski definition) is 0. The Morgan fingerprint density at radius 3 is 2.25 bits per heavy atom. The van der Waals surface area contributed by atoms with Gasteiger partial charge in [0.15, 0.2) is 0 Å². The van der Waals surface area contributed by atoms with E-state index in [4.69, 9.17) is 4.74 Å². The van der Waals surface area contributed by atoms with Crippen LogP contribution in [0.15, 0.2) is 60.7 Å². The number of benzene rings is 2. The number of rotatable bonds is 7. The zero-order chi connectivity index (χ0) is 16.8. The molecule has 126 valence electrons. The molecule has 3 heteroatoms. The van der Waals surface area contributed by atoms with E-state index in [9.17, 15) is 4.79 Å². The molecular weight excluding hydrogens is 298 g/mol. The molecule has 3 nitrogen and oxygen atoms in total. The average Bonchev–Trinajstić information content (AvgIpc) is 2.91. The average molecular weight is 323 g/mol. The highest BCUT2D eigenvalue weighted by atomic mass is 16.5. The van der Waals surface area contributed by atoms with E-state index in [0.29, 0.717) is 19.6 Å². The molecule has 2 aromatic carbocycles. The molecule has 1 heterocycles. The first-order valence-electron chi connectivity index (χ1n) is 8.77. The van der Waals surface area contributed by atoms with Crippen molar-refractivity contribution in [2.45, 2.75) is 51.5 Å². The second-order valence-corrected chi connectivity index (χ2v) is 6.40. The van der Waals surface area contributed by atoms with Gasteiger partial charge in [0.25, 0.3) is 0 Å². The van der Waals surface area contributed by atoms with E-state index in [-0.39, 0.29) is 18.1 Å². The highest BCUT2D eigenvalue weighted by Gasteiger charge is 2.39. The third-order valence-electron chi connectivity index (χ3n) is 4.61. The molecule has 0 aliphatic carbocycles. The lowest BCUT2D eigenvalue weighted by Gasteiger charge is -2.28. The van der Waals surface area contributed by atoms with Crippen LogP contribution in [0.4, 0.5) is 0 Å². The minimum absolute atomic E-state index is 0.0126. The summed E-state index contributed by atoms with van der Waals surface area (Å²) in [6.45, 7) is 3.41. The molecule has 2 atom stereocenters. The lowest BCUT2D eigenvalue weighted by atomic mass is 10.1. The summed E-state index contributed by atoms with van der Waals surface area (Å²) in [5, 5.41) is 0. The van der Waals surface area contributed by atoms with Crippen molar-refractivity contribution in [2.24, 2.45) is 0 Å². The predicted octanol–water partition coefficient (Wildman–Crippen LogP) is 4.17. The molecule has 0 unspecified atom stereocenters. The fraction of sp³-hybridized carbons (Fsp3) is 0.381. The van der Waals surface area contributed by atoms with E-state index in [0.717, 1.165) is 18.4 Å². The summed E-state index contributed by atoms with van der Waals surface area (Å²) in [6.07, 6.45) is 2.51. The van der Waals surface area contributed by atoms with Crippen LogP contribution in [0.2, 0.25) is 0 Å². The van der Waals surface area contributed by atoms with Gasteiger partial charge in [0.1, 0.15) is 0 Å². The van der Waals surface area contributed by atoms with Crippen LogP contribution < -0.4 is 0 Å². The van der Waals surface area contributed by atoms with Gasteiger partial charge in [-0.25, -0.2) is 0 Å². The molecule has 0 saturated carbocycles. The van der Waals surface area contributed by atoms with Crippen molar-refractivity contribution in [2.75, 3.05) is 0 Å². The molecule has 24 heavy (non-hydrogen) atoms. The van der Waals surface area contributed by atoms with Gasteiger partial charge in [0.2, 0.25) is 5.91 Å². The van der Waals surface area contributed by atoms with Gasteiger partial charge >= 0.3 is 0 Å². The van der Waals surface area contributed by atoms with Gasteiger partial charge in [0.05, 0.1) is 25.2 Å². The molecule has 0 bridgehead atoms. The minimum atomic E-state index is -0.0126. The van der Waals surface area contributed by atoms with E-state index in [2.05, 4.69) is 31.2 Å². The van der Waals surface area contributed by atoms with Crippen LogP contribution in [0.1, 0.15) is 37.3 Å². The second-order valence-electron chi connectivity index (χ2n) is 6.40. The largest absolute Gasteiger partial charge is 0.371 e. The quantitative estimate of drug-likeness (QED) is 0.765. The van der Waals surface area contributed by atoms with Gasteiger partial charge in [0, 0.05) is 6.54 Å². The van der Waals surface area contributed by atoms with Gasteiger partial charge in [-0.2, -0.15) is 0 Å². The van der Waals surface area contributed by atoms with Gasteiger partial charge < -0.3 is 9.64 Å². The maximum Gasteiger partial charge on any atom is 0.225 e. The zero-order valence-electron chi connectivity index (χ0n) is 14.2. The molecule has 3 rings (SSSR count). The van der Waals surface area contributed by atoms with E-state index in [1.54, 1.807) is 0 Å². The zero-order valence-corrected chi connectivity index (χ0v) is 14.2. The molecule has 1 fully saturated rings. The summed E-state index contributed by atoms with van der Waals surface area (Å²) in [5.41, 5.74) is 2.33. The van der Waals surface area contributed by atoms with Crippen molar-refractivity contribution in [3.8, 4) is 0 Å². The number of hydrogen-bond acceptors (Lipinski definition) is 2. The summed E-state index contributed by atoms with van der Waals surface area (Å²) < 4.78 is 6.13. The van der Waals surface area contributed by atoms with Crippen LogP contribution in [0.5, 0.6) is 0 Å². The second kappa shape index (κ2) is 8.11. The number of carbonyl (C=O) groups is 1. The monoisotopic (exact) mass is 323 g/mol. The Kier molecular flexibility index (Phi) is 5.65. The van der Waals surface area contributed by atoms with Crippen molar-refractivity contribution >= 4 is 5.91 Å². The Morgan fingerprint density at radius 2 is 1.62 bits per heavy atom. The molecule has 2 aromatic rings.